The van der Waals surface area contributed by atoms with E-state index < -0.39 is 21.5 Å². The van der Waals surface area contributed by atoms with E-state index >= 15 is 0 Å². The standard InChI is InChI=1S/C21H25N3O4S2/c1-21(2,3)24-30(26,27)17-12-10-16(11-13-17)22-20(29)23-19(25)14-9-15-7-5-6-8-18(15)28-4/h5-14,24H,1-4H3,(H2,22,23,25,29)/b14-9+. The lowest BCUT2D eigenvalue weighted by Crippen LogP contribution is -2.40. The zero-order valence-electron chi connectivity index (χ0n) is 17.2. The Bertz CT molecular complexity index is 1040. The molecule has 0 atom stereocenters. The number of benzene rings is 2. The van der Waals surface area contributed by atoms with Crippen LogP contribution in [0.3, 0.4) is 0 Å². The Labute approximate surface area is 182 Å². The average Bonchev–Trinajstić information content (AvgIpc) is 2.65. The normalized spacial score (nSPS) is 11.9. The third-order valence-corrected chi connectivity index (χ3v) is 5.63. The van der Waals surface area contributed by atoms with Gasteiger partial charge in [0.1, 0.15) is 5.75 Å². The smallest absolute Gasteiger partial charge is 0.250 e. The summed E-state index contributed by atoms with van der Waals surface area (Å²) >= 11 is 5.14. The van der Waals surface area contributed by atoms with E-state index in [0.717, 1.165) is 5.56 Å². The number of anilines is 1. The van der Waals surface area contributed by atoms with E-state index in [0.29, 0.717) is 11.4 Å². The van der Waals surface area contributed by atoms with Crippen LogP contribution in [0.1, 0.15) is 26.3 Å². The molecule has 9 heteroatoms. The lowest BCUT2D eigenvalue weighted by molar-refractivity contribution is -0.115. The summed E-state index contributed by atoms with van der Waals surface area (Å²) in [6, 6.07) is 13.4. The van der Waals surface area contributed by atoms with Crippen LogP contribution in [-0.2, 0) is 14.8 Å². The van der Waals surface area contributed by atoms with Crippen molar-refractivity contribution in [1.82, 2.24) is 10.0 Å². The van der Waals surface area contributed by atoms with E-state index in [1.165, 1.54) is 18.2 Å². The van der Waals surface area contributed by atoms with Gasteiger partial charge < -0.3 is 10.1 Å². The molecule has 0 spiro atoms. The molecule has 0 unspecified atom stereocenters. The van der Waals surface area contributed by atoms with Crippen molar-refractivity contribution in [1.29, 1.82) is 0 Å². The van der Waals surface area contributed by atoms with Crippen molar-refractivity contribution in [3.05, 3.63) is 60.2 Å². The molecule has 0 aliphatic carbocycles. The molecular formula is C21H25N3O4S2. The Morgan fingerprint density at radius 2 is 1.70 bits per heavy atom. The van der Waals surface area contributed by atoms with E-state index in [1.807, 2.05) is 18.2 Å². The van der Waals surface area contributed by atoms with Gasteiger partial charge in [0, 0.05) is 22.9 Å². The van der Waals surface area contributed by atoms with Crippen LogP contribution in [0, 0.1) is 0 Å². The maximum absolute atomic E-state index is 12.3. The summed E-state index contributed by atoms with van der Waals surface area (Å²) in [6.07, 6.45) is 2.97. The number of methoxy groups -OCH3 is 1. The fourth-order valence-electron chi connectivity index (χ4n) is 2.46. The second-order valence-corrected chi connectivity index (χ2v) is 9.49. The number of sulfonamides is 1. The van der Waals surface area contributed by atoms with Gasteiger partial charge in [0.25, 0.3) is 0 Å². The van der Waals surface area contributed by atoms with Crippen molar-refractivity contribution in [2.75, 3.05) is 12.4 Å². The summed E-state index contributed by atoms with van der Waals surface area (Å²) < 4.78 is 32.5. The molecule has 0 saturated heterocycles. The first-order valence-corrected chi connectivity index (χ1v) is 11.0. The van der Waals surface area contributed by atoms with Gasteiger partial charge in [-0.25, -0.2) is 13.1 Å². The molecule has 0 saturated carbocycles. The number of ether oxygens (including phenoxy) is 1. The predicted octanol–water partition coefficient (Wildman–Crippen LogP) is 3.30. The van der Waals surface area contributed by atoms with Crippen molar-refractivity contribution in [3.8, 4) is 5.75 Å². The van der Waals surface area contributed by atoms with Crippen molar-refractivity contribution in [3.63, 3.8) is 0 Å². The van der Waals surface area contributed by atoms with Gasteiger partial charge in [-0.15, -0.1) is 0 Å². The molecule has 2 aromatic carbocycles. The molecule has 0 fully saturated rings. The highest BCUT2D eigenvalue weighted by Crippen LogP contribution is 2.18. The predicted molar refractivity (Wildman–Crippen MR) is 123 cm³/mol. The molecule has 0 heterocycles. The van der Waals surface area contributed by atoms with Crippen LogP contribution in [0.4, 0.5) is 5.69 Å². The number of amides is 1. The minimum absolute atomic E-state index is 0.0908. The van der Waals surface area contributed by atoms with Gasteiger partial charge in [-0.2, -0.15) is 0 Å². The number of hydrogen-bond acceptors (Lipinski definition) is 5. The number of thiocarbonyl (C=S) groups is 1. The Hall–Kier alpha value is -2.75. The second kappa shape index (κ2) is 9.84. The summed E-state index contributed by atoms with van der Waals surface area (Å²) in [4.78, 5) is 12.2. The van der Waals surface area contributed by atoms with Crippen LogP contribution in [-0.4, -0.2) is 32.1 Å². The van der Waals surface area contributed by atoms with E-state index in [1.54, 1.807) is 52.2 Å². The second-order valence-electron chi connectivity index (χ2n) is 7.40. The van der Waals surface area contributed by atoms with E-state index in [2.05, 4.69) is 15.4 Å². The molecule has 7 nitrogen and oxygen atoms in total. The number of rotatable bonds is 6. The highest BCUT2D eigenvalue weighted by molar-refractivity contribution is 7.89. The molecule has 0 radical (unpaired) electrons. The fraction of sp³-hybridized carbons (Fsp3) is 0.238. The molecule has 2 rings (SSSR count). The lowest BCUT2D eigenvalue weighted by Gasteiger charge is -2.20. The minimum Gasteiger partial charge on any atom is -0.496 e. The lowest BCUT2D eigenvalue weighted by atomic mass is 10.1. The molecule has 0 aliphatic rings. The summed E-state index contributed by atoms with van der Waals surface area (Å²) in [5.41, 5.74) is 0.720. The Morgan fingerprint density at radius 3 is 2.30 bits per heavy atom. The number of nitrogens with one attached hydrogen (secondary N) is 3. The molecule has 160 valence electrons. The maximum Gasteiger partial charge on any atom is 0.250 e. The van der Waals surface area contributed by atoms with Gasteiger partial charge >= 0.3 is 0 Å². The molecule has 2 aromatic rings. The van der Waals surface area contributed by atoms with Crippen LogP contribution in [0.25, 0.3) is 6.08 Å². The SMILES string of the molecule is COc1ccccc1/C=C/C(=O)NC(=S)Nc1ccc(S(=O)(=O)NC(C)(C)C)cc1. The van der Waals surface area contributed by atoms with Crippen LogP contribution in [0.5, 0.6) is 5.75 Å². The first-order valence-electron chi connectivity index (χ1n) is 9.07. The van der Waals surface area contributed by atoms with Gasteiger partial charge in [0.05, 0.1) is 12.0 Å². The summed E-state index contributed by atoms with van der Waals surface area (Å²) in [7, 11) is -2.06. The van der Waals surface area contributed by atoms with Gasteiger partial charge in [-0.1, -0.05) is 18.2 Å². The molecular weight excluding hydrogens is 422 g/mol. The van der Waals surface area contributed by atoms with Gasteiger partial charge in [-0.3, -0.25) is 10.1 Å². The van der Waals surface area contributed by atoms with Crippen LogP contribution >= 0.6 is 12.2 Å². The fourth-order valence-corrected chi connectivity index (χ4v) is 4.10. The van der Waals surface area contributed by atoms with Crippen molar-refractivity contribution >= 4 is 45.0 Å². The first-order chi connectivity index (χ1) is 14.0. The highest BCUT2D eigenvalue weighted by atomic mass is 32.2. The number of para-hydroxylation sites is 1. The molecule has 0 bridgehead atoms. The van der Waals surface area contributed by atoms with Crippen LogP contribution < -0.4 is 20.1 Å². The van der Waals surface area contributed by atoms with Crippen LogP contribution in [0.15, 0.2) is 59.5 Å². The average molecular weight is 448 g/mol. The molecule has 3 N–H and O–H groups in total. The van der Waals surface area contributed by atoms with Crippen molar-refractivity contribution in [2.24, 2.45) is 0 Å². The molecule has 0 aromatic heterocycles. The summed E-state index contributed by atoms with van der Waals surface area (Å²) in [5.74, 6) is 0.241. The van der Waals surface area contributed by atoms with E-state index in [4.69, 9.17) is 17.0 Å². The monoisotopic (exact) mass is 447 g/mol. The quantitative estimate of drug-likeness (QED) is 0.464. The minimum atomic E-state index is -3.62. The third kappa shape index (κ3) is 7.25. The van der Waals surface area contributed by atoms with Gasteiger partial charge in [0.2, 0.25) is 15.9 Å². The molecule has 0 aliphatic heterocycles. The maximum atomic E-state index is 12.3. The third-order valence-electron chi connectivity index (χ3n) is 3.65. The number of carbonyl (C=O) groups is 1. The van der Waals surface area contributed by atoms with Crippen LogP contribution in [0.2, 0.25) is 0 Å². The summed E-state index contributed by atoms with van der Waals surface area (Å²) in [6.45, 7) is 5.30. The number of carbonyl (C=O) groups excluding carboxylic acids is 1. The largest absolute Gasteiger partial charge is 0.496 e. The van der Waals surface area contributed by atoms with E-state index in [9.17, 15) is 13.2 Å². The zero-order valence-corrected chi connectivity index (χ0v) is 18.9. The Kier molecular flexibility index (Phi) is 7.71. The summed E-state index contributed by atoms with van der Waals surface area (Å²) in [5, 5.41) is 5.47. The van der Waals surface area contributed by atoms with Crippen molar-refractivity contribution in [2.45, 2.75) is 31.2 Å². The van der Waals surface area contributed by atoms with Gasteiger partial charge in [0.15, 0.2) is 5.11 Å². The highest BCUT2D eigenvalue weighted by Gasteiger charge is 2.21. The van der Waals surface area contributed by atoms with Crippen molar-refractivity contribution < 1.29 is 17.9 Å². The van der Waals surface area contributed by atoms with Gasteiger partial charge in [-0.05, 0) is 69.4 Å². The number of hydrogen-bond donors (Lipinski definition) is 3. The molecule has 30 heavy (non-hydrogen) atoms. The topological polar surface area (TPSA) is 96.5 Å². The Morgan fingerprint density at radius 1 is 1.07 bits per heavy atom. The first kappa shape index (κ1) is 23.5. The Balaban J connectivity index is 1.96. The molecule has 1 amide bonds. The zero-order chi connectivity index (χ0) is 22.4. The van der Waals surface area contributed by atoms with E-state index in [-0.39, 0.29) is 10.0 Å².